The fourth-order valence-corrected chi connectivity index (χ4v) is 2.38. The van der Waals surface area contributed by atoms with Crippen molar-refractivity contribution in [2.45, 2.75) is 18.9 Å². The van der Waals surface area contributed by atoms with E-state index < -0.39 is 18.0 Å². The predicted octanol–water partition coefficient (Wildman–Crippen LogP) is 3.10. The first-order chi connectivity index (χ1) is 9.93. The standard InChI is InChI=1S/C13H16BrClN2O4/c1-21-6-2-3-11(12(18)19)17-13(20)16-10-5-4-8(15)7-9(10)14/h4-5,7,11H,2-3,6H2,1H3,(H,18,19)(H2,16,17,20). The summed E-state index contributed by atoms with van der Waals surface area (Å²) in [5, 5.41) is 14.6. The smallest absolute Gasteiger partial charge is 0.326 e. The Bertz CT molecular complexity index is 513. The van der Waals surface area contributed by atoms with E-state index in [4.69, 9.17) is 21.4 Å². The lowest BCUT2D eigenvalue weighted by Crippen LogP contribution is -2.43. The van der Waals surface area contributed by atoms with E-state index in [1.807, 2.05) is 0 Å². The molecule has 1 rings (SSSR count). The molecule has 0 aromatic heterocycles. The van der Waals surface area contributed by atoms with Crippen molar-refractivity contribution in [2.24, 2.45) is 0 Å². The molecule has 1 aromatic carbocycles. The minimum absolute atomic E-state index is 0.290. The number of hydrogen-bond donors (Lipinski definition) is 3. The van der Waals surface area contributed by atoms with E-state index in [2.05, 4.69) is 26.6 Å². The first-order valence-corrected chi connectivity index (χ1v) is 7.35. The molecule has 8 heteroatoms. The summed E-state index contributed by atoms with van der Waals surface area (Å²) in [7, 11) is 1.54. The number of carbonyl (C=O) groups is 2. The van der Waals surface area contributed by atoms with Crippen molar-refractivity contribution in [3.05, 3.63) is 27.7 Å². The van der Waals surface area contributed by atoms with Crippen molar-refractivity contribution >= 4 is 45.2 Å². The molecule has 116 valence electrons. The molecule has 0 saturated carbocycles. The van der Waals surface area contributed by atoms with Crippen molar-refractivity contribution in [2.75, 3.05) is 19.0 Å². The van der Waals surface area contributed by atoms with Crippen LogP contribution in [0.15, 0.2) is 22.7 Å². The molecule has 6 nitrogen and oxygen atoms in total. The molecule has 0 radical (unpaired) electrons. The number of amides is 2. The molecule has 0 saturated heterocycles. The number of nitrogens with one attached hydrogen (secondary N) is 2. The van der Waals surface area contributed by atoms with Crippen LogP contribution < -0.4 is 10.6 Å². The fourth-order valence-electron chi connectivity index (χ4n) is 1.60. The topological polar surface area (TPSA) is 87.7 Å². The number of hydrogen-bond acceptors (Lipinski definition) is 3. The van der Waals surface area contributed by atoms with Gasteiger partial charge in [-0.05, 0) is 47.0 Å². The zero-order chi connectivity index (χ0) is 15.8. The molecule has 0 aliphatic heterocycles. The third-order valence-corrected chi connectivity index (χ3v) is 3.52. The Labute approximate surface area is 135 Å². The fraction of sp³-hybridized carbons (Fsp3) is 0.385. The minimum Gasteiger partial charge on any atom is -0.480 e. The number of ether oxygens (including phenoxy) is 1. The molecule has 1 unspecified atom stereocenters. The number of carbonyl (C=O) groups excluding carboxylic acids is 1. The molecule has 0 aliphatic carbocycles. The molecule has 0 fully saturated rings. The van der Waals surface area contributed by atoms with Gasteiger partial charge in [0.1, 0.15) is 6.04 Å². The second kappa shape index (κ2) is 8.86. The van der Waals surface area contributed by atoms with Crippen LogP contribution in [0.2, 0.25) is 5.02 Å². The summed E-state index contributed by atoms with van der Waals surface area (Å²) in [6, 6.07) is 3.31. The molecule has 21 heavy (non-hydrogen) atoms. The predicted molar refractivity (Wildman–Crippen MR) is 83.8 cm³/mol. The van der Waals surface area contributed by atoms with Gasteiger partial charge in [-0.15, -0.1) is 0 Å². The van der Waals surface area contributed by atoms with Crippen LogP contribution in [0.3, 0.4) is 0 Å². The van der Waals surface area contributed by atoms with E-state index in [1.165, 1.54) is 7.11 Å². The lowest BCUT2D eigenvalue weighted by molar-refractivity contribution is -0.139. The van der Waals surface area contributed by atoms with Gasteiger partial charge < -0.3 is 20.5 Å². The highest BCUT2D eigenvalue weighted by atomic mass is 79.9. The Morgan fingerprint density at radius 3 is 2.76 bits per heavy atom. The second-order valence-electron chi connectivity index (χ2n) is 4.25. The number of benzene rings is 1. The number of methoxy groups -OCH3 is 1. The van der Waals surface area contributed by atoms with Gasteiger partial charge in [0.2, 0.25) is 0 Å². The minimum atomic E-state index is -1.09. The highest BCUT2D eigenvalue weighted by Crippen LogP contribution is 2.25. The molecular weight excluding hydrogens is 364 g/mol. The van der Waals surface area contributed by atoms with Gasteiger partial charge in [0.05, 0.1) is 5.69 Å². The van der Waals surface area contributed by atoms with Crippen LogP contribution >= 0.6 is 27.5 Å². The van der Waals surface area contributed by atoms with Crippen LogP contribution in [0.1, 0.15) is 12.8 Å². The number of rotatable bonds is 7. The molecule has 0 spiro atoms. The summed E-state index contributed by atoms with van der Waals surface area (Å²) < 4.78 is 5.47. The Morgan fingerprint density at radius 2 is 2.19 bits per heavy atom. The van der Waals surface area contributed by atoms with E-state index in [0.29, 0.717) is 34.6 Å². The van der Waals surface area contributed by atoms with Crippen LogP contribution in [0.4, 0.5) is 10.5 Å². The monoisotopic (exact) mass is 378 g/mol. The summed E-state index contributed by atoms with van der Waals surface area (Å²) in [5.74, 6) is -1.09. The number of aliphatic carboxylic acids is 1. The van der Waals surface area contributed by atoms with Gasteiger partial charge in [-0.1, -0.05) is 11.6 Å². The Hall–Kier alpha value is -1.31. The van der Waals surface area contributed by atoms with Gasteiger partial charge >= 0.3 is 12.0 Å². The second-order valence-corrected chi connectivity index (χ2v) is 5.54. The summed E-state index contributed by atoms with van der Waals surface area (Å²) >= 11 is 9.06. The van der Waals surface area contributed by atoms with Gasteiger partial charge in [-0.2, -0.15) is 0 Å². The number of carboxylic acids is 1. The van der Waals surface area contributed by atoms with E-state index in [0.717, 1.165) is 0 Å². The SMILES string of the molecule is COCCCC(NC(=O)Nc1ccc(Cl)cc1Br)C(=O)O. The Kier molecular flexibility index (Phi) is 7.49. The summed E-state index contributed by atoms with van der Waals surface area (Å²) in [5.41, 5.74) is 0.498. The van der Waals surface area contributed by atoms with Crippen LogP contribution in [-0.2, 0) is 9.53 Å². The molecule has 0 bridgehead atoms. The van der Waals surface area contributed by atoms with E-state index >= 15 is 0 Å². The zero-order valence-corrected chi connectivity index (χ0v) is 13.7. The van der Waals surface area contributed by atoms with Crippen molar-refractivity contribution in [3.63, 3.8) is 0 Å². The largest absolute Gasteiger partial charge is 0.480 e. The third-order valence-electron chi connectivity index (χ3n) is 2.62. The summed E-state index contributed by atoms with van der Waals surface area (Å²) in [4.78, 5) is 22.9. The highest BCUT2D eigenvalue weighted by molar-refractivity contribution is 9.10. The third kappa shape index (κ3) is 6.33. The average molecular weight is 380 g/mol. The normalized spacial score (nSPS) is 11.8. The first-order valence-electron chi connectivity index (χ1n) is 6.18. The van der Waals surface area contributed by atoms with Gasteiger partial charge in [-0.3, -0.25) is 0 Å². The zero-order valence-electron chi connectivity index (χ0n) is 11.4. The molecule has 1 atom stereocenters. The number of urea groups is 1. The van der Waals surface area contributed by atoms with Gasteiger partial charge in [0.25, 0.3) is 0 Å². The summed E-state index contributed by atoms with van der Waals surface area (Å²) in [6.45, 7) is 0.440. The van der Waals surface area contributed by atoms with E-state index in [-0.39, 0.29) is 0 Å². The lowest BCUT2D eigenvalue weighted by atomic mass is 10.1. The maximum atomic E-state index is 11.8. The Morgan fingerprint density at radius 1 is 1.48 bits per heavy atom. The van der Waals surface area contributed by atoms with Gasteiger partial charge in [-0.25, -0.2) is 9.59 Å². The van der Waals surface area contributed by atoms with Crippen molar-refractivity contribution in [1.29, 1.82) is 0 Å². The van der Waals surface area contributed by atoms with Crippen LogP contribution in [0.25, 0.3) is 0 Å². The van der Waals surface area contributed by atoms with Crippen molar-refractivity contribution in [1.82, 2.24) is 5.32 Å². The van der Waals surface area contributed by atoms with Crippen LogP contribution in [0.5, 0.6) is 0 Å². The number of carboxylic acid groups (broad SMARTS) is 1. The van der Waals surface area contributed by atoms with Crippen LogP contribution in [-0.4, -0.2) is 36.9 Å². The van der Waals surface area contributed by atoms with Gasteiger partial charge in [0.15, 0.2) is 0 Å². The number of halogens is 2. The number of anilines is 1. The molecule has 0 heterocycles. The van der Waals surface area contributed by atoms with E-state index in [9.17, 15) is 9.59 Å². The molecule has 2 amide bonds. The molecule has 3 N–H and O–H groups in total. The first kappa shape index (κ1) is 17.7. The summed E-state index contributed by atoms with van der Waals surface area (Å²) in [6.07, 6.45) is 0.830. The maximum Gasteiger partial charge on any atom is 0.326 e. The average Bonchev–Trinajstić information content (AvgIpc) is 2.41. The van der Waals surface area contributed by atoms with Crippen LogP contribution in [0, 0.1) is 0 Å². The van der Waals surface area contributed by atoms with Crippen molar-refractivity contribution in [3.8, 4) is 0 Å². The van der Waals surface area contributed by atoms with Gasteiger partial charge in [0, 0.05) is 23.2 Å². The molecular formula is C13H16BrClN2O4. The maximum absolute atomic E-state index is 11.8. The molecule has 1 aromatic rings. The van der Waals surface area contributed by atoms with E-state index in [1.54, 1.807) is 18.2 Å². The molecule has 0 aliphatic rings. The highest BCUT2D eigenvalue weighted by Gasteiger charge is 2.19. The van der Waals surface area contributed by atoms with Crippen molar-refractivity contribution < 1.29 is 19.4 Å². The Balaban J connectivity index is 2.59. The quantitative estimate of drug-likeness (QED) is 0.635. The lowest BCUT2D eigenvalue weighted by Gasteiger charge is -2.15.